The summed E-state index contributed by atoms with van der Waals surface area (Å²) in [4.78, 5) is 12.8. The van der Waals surface area contributed by atoms with E-state index in [0.29, 0.717) is 5.02 Å². The van der Waals surface area contributed by atoms with Crippen LogP contribution in [0.3, 0.4) is 0 Å². The van der Waals surface area contributed by atoms with Crippen LogP contribution in [0.5, 0.6) is 0 Å². The number of nitrogens with zero attached hydrogens (tertiary/aromatic N) is 4. The van der Waals surface area contributed by atoms with Gasteiger partial charge in [0.25, 0.3) is 0 Å². The highest BCUT2D eigenvalue weighted by Crippen LogP contribution is 2.22. The van der Waals surface area contributed by atoms with Crippen molar-refractivity contribution in [3.63, 3.8) is 0 Å². The molecule has 0 atom stereocenters. The van der Waals surface area contributed by atoms with Crippen LogP contribution in [-0.2, 0) is 6.54 Å². The van der Waals surface area contributed by atoms with Gasteiger partial charge in [0.15, 0.2) is 5.82 Å². The van der Waals surface area contributed by atoms with E-state index in [-0.39, 0.29) is 0 Å². The summed E-state index contributed by atoms with van der Waals surface area (Å²) >= 11 is 12.1. The number of piperazine rings is 1. The maximum absolute atomic E-state index is 6.15. The third kappa shape index (κ3) is 3.64. The van der Waals surface area contributed by atoms with Crippen LogP contribution >= 0.6 is 23.2 Å². The fourth-order valence-corrected chi connectivity index (χ4v) is 2.86. The number of benzene rings is 1. The smallest absolute Gasteiger partial charge is 0.150 e. The number of halogens is 2. The second-order valence-corrected chi connectivity index (χ2v) is 5.93. The predicted octanol–water partition coefficient (Wildman–Crippen LogP) is 3.11. The van der Waals surface area contributed by atoms with Gasteiger partial charge in [-0.05, 0) is 17.7 Å². The van der Waals surface area contributed by atoms with Crippen LogP contribution < -0.4 is 4.90 Å². The van der Waals surface area contributed by atoms with Crippen molar-refractivity contribution < 1.29 is 0 Å². The molecular weight excluding hydrogens is 307 g/mol. The molecule has 3 rings (SSSR count). The topological polar surface area (TPSA) is 32.3 Å². The van der Waals surface area contributed by atoms with Gasteiger partial charge in [-0.25, -0.2) is 9.97 Å². The van der Waals surface area contributed by atoms with Crippen molar-refractivity contribution in [3.05, 3.63) is 52.4 Å². The number of hydrogen-bond acceptors (Lipinski definition) is 4. The van der Waals surface area contributed by atoms with Gasteiger partial charge in [0.2, 0.25) is 0 Å². The summed E-state index contributed by atoms with van der Waals surface area (Å²) < 4.78 is 0. The van der Waals surface area contributed by atoms with Crippen LogP contribution in [-0.4, -0.2) is 41.0 Å². The summed E-state index contributed by atoms with van der Waals surface area (Å²) in [6.45, 7) is 4.77. The minimum absolute atomic E-state index is 0.614. The van der Waals surface area contributed by atoms with Gasteiger partial charge in [0.05, 0.1) is 6.20 Å². The lowest BCUT2D eigenvalue weighted by atomic mass is 10.2. The van der Waals surface area contributed by atoms with Crippen molar-refractivity contribution >= 4 is 29.0 Å². The van der Waals surface area contributed by atoms with Gasteiger partial charge < -0.3 is 4.90 Å². The quantitative estimate of drug-likeness (QED) is 0.869. The molecule has 0 radical (unpaired) electrons. The Morgan fingerprint density at radius 2 is 1.71 bits per heavy atom. The first-order valence-electron chi connectivity index (χ1n) is 6.89. The Morgan fingerprint density at radius 1 is 1.00 bits per heavy atom. The fourth-order valence-electron chi connectivity index (χ4n) is 2.50. The summed E-state index contributed by atoms with van der Waals surface area (Å²) in [5, 5.41) is 1.39. The summed E-state index contributed by atoms with van der Waals surface area (Å²) in [5.74, 6) is 0.831. The first kappa shape index (κ1) is 14.6. The summed E-state index contributed by atoms with van der Waals surface area (Å²) in [6.07, 6.45) is 3.19. The van der Waals surface area contributed by atoms with Crippen molar-refractivity contribution in [2.45, 2.75) is 6.54 Å². The van der Waals surface area contributed by atoms with Gasteiger partial charge >= 0.3 is 0 Å². The van der Waals surface area contributed by atoms with E-state index < -0.39 is 0 Å². The van der Waals surface area contributed by atoms with Crippen molar-refractivity contribution in [2.75, 3.05) is 31.1 Å². The number of anilines is 1. The molecule has 110 valence electrons. The van der Waals surface area contributed by atoms with Crippen LogP contribution in [0, 0.1) is 0 Å². The summed E-state index contributed by atoms with van der Waals surface area (Å²) in [6, 6.07) is 8.04. The molecule has 0 spiro atoms. The average molecular weight is 323 g/mol. The lowest BCUT2D eigenvalue weighted by Crippen LogP contribution is -2.46. The van der Waals surface area contributed by atoms with Gasteiger partial charge in [-0.3, -0.25) is 4.90 Å². The highest BCUT2D eigenvalue weighted by Gasteiger charge is 2.19. The Balaban J connectivity index is 1.58. The van der Waals surface area contributed by atoms with Crippen molar-refractivity contribution in [1.29, 1.82) is 0 Å². The van der Waals surface area contributed by atoms with Crippen LogP contribution in [0.15, 0.2) is 36.8 Å². The predicted molar refractivity (Wildman–Crippen MR) is 86.0 cm³/mol. The van der Waals surface area contributed by atoms with Crippen LogP contribution in [0.1, 0.15) is 5.56 Å². The Morgan fingerprint density at radius 3 is 2.38 bits per heavy atom. The summed E-state index contributed by atoms with van der Waals surface area (Å²) in [7, 11) is 0. The molecule has 1 aromatic heterocycles. The maximum atomic E-state index is 6.15. The van der Waals surface area contributed by atoms with Crippen LogP contribution in [0.25, 0.3) is 0 Å². The molecule has 2 aromatic rings. The number of hydrogen-bond donors (Lipinski definition) is 0. The van der Waals surface area contributed by atoms with Gasteiger partial charge in [0, 0.05) is 37.7 Å². The highest BCUT2D eigenvalue weighted by molar-refractivity contribution is 6.32. The SMILES string of the molecule is Clc1ccc(CN2CCN(c3ncncc3Cl)CC2)cc1. The number of rotatable bonds is 3. The average Bonchev–Trinajstić information content (AvgIpc) is 2.51. The fraction of sp³-hybridized carbons (Fsp3) is 0.333. The zero-order chi connectivity index (χ0) is 14.7. The Kier molecular flexibility index (Phi) is 4.58. The first-order valence-corrected chi connectivity index (χ1v) is 7.65. The third-order valence-corrected chi connectivity index (χ3v) is 4.16. The molecule has 1 aromatic carbocycles. The monoisotopic (exact) mass is 322 g/mol. The van der Waals surface area contributed by atoms with Crippen LogP contribution in [0.2, 0.25) is 10.0 Å². The normalized spacial score (nSPS) is 16.2. The van der Waals surface area contributed by atoms with E-state index in [0.717, 1.165) is 43.6 Å². The van der Waals surface area contributed by atoms with Crippen LogP contribution in [0.4, 0.5) is 5.82 Å². The number of aromatic nitrogens is 2. The Labute approximate surface area is 134 Å². The van der Waals surface area contributed by atoms with Gasteiger partial charge in [0.1, 0.15) is 11.3 Å². The molecule has 1 saturated heterocycles. The zero-order valence-electron chi connectivity index (χ0n) is 11.5. The zero-order valence-corrected chi connectivity index (χ0v) is 13.1. The van der Waals surface area contributed by atoms with E-state index in [9.17, 15) is 0 Å². The van der Waals surface area contributed by atoms with E-state index in [1.165, 1.54) is 5.56 Å². The van der Waals surface area contributed by atoms with E-state index in [1.54, 1.807) is 12.5 Å². The second kappa shape index (κ2) is 6.60. The van der Waals surface area contributed by atoms with E-state index in [1.807, 2.05) is 12.1 Å². The lowest BCUT2D eigenvalue weighted by Gasteiger charge is -2.35. The Bertz CT molecular complexity index is 595. The molecule has 2 heterocycles. The van der Waals surface area contributed by atoms with Crippen molar-refractivity contribution in [3.8, 4) is 0 Å². The molecule has 0 bridgehead atoms. The van der Waals surface area contributed by atoms with Crippen molar-refractivity contribution in [2.24, 2.45) is 0 Å². The van der Waals surface area contributed by atoms with E-state index >= 15 is 0 Å². The molecule has 1 aliphatic heterocycles. The standard InChI is InChI=1S/C15H16Cl2N4/c16-13-3-1-12(2-4-13)10-20-5-7-21(8-6-20)15-14(17)9-18-11-19-15/h1-4,9,11H,5-8,10H2. The minimum Gasteiger partial charge on any atom is -0.353 e. The molecule has 21 heavy (non-hydrogen) atoms. The van der Waals surface area contributed by atoms with E-state index in [2.05, 4.69) is 31.9 Å². The van der Waals surface area contributed by atoms with E-state index in [4.69, 9.17) is 23.2 Å². The molecule has 1 aliphatic rings. The highest BCUT2D eigenvalue weighted by atomic mass is 35.5. The molecule has 0 aliphatic carbocycles. The molecule has 0 saturated carbocycles. The maximum Gasteiger partial charge on any atom is 0.150 e. The first-order chi connectivity index (χ1) is 10.2. The lowest BCUT2D eigenvalue weighted by molar-refractivity contribution is 0.249. The summed E-state index contributed by atoms with van der Waals surface area (Å²) in [5.41, 5.74) is 1.29. The molecular formula is C15H16Cl2N4. The Hall–Kier alpha value is -1.36. The van der Waals surface area contributed by atoms with Gasteiger partial charge in [-0.15, -0.1) is 0 Å². The molecule has 0 unspecified atom stereocenters. The molecule has 1 fully saturated rings. The van der Waals surface area contributed by atoms with Gasteiger partial charge in [-0.1, -0.05) is 35.3 Å². The molecule has 0 amide bonds. The third-order valence-electron chi connectivity index (χ3n) is 3.64. The van der Waals surface area contributed by atoms with Crippen molar-refractivity contribution in [1.82, 2.24) is 14.9 Å². The molecule has 6 heteroatoms. The molecule has 0 N–H and O–H groups in total. The second-order valence-electron chi connectivity index (χ2n) is 5.08. The minimum atomic E-state index is 0.614. The largest absolute Gasteiger partial charge is 0.353 e. The van der Waals surface area contributed by atoms with Gasteiger partial charge in [-0.2, -0.15) is 0 Å². The molecule has 4 nitrogen and oxygen atoms in total.